The van der Waals surface area contributed by atoms with E-state index in [1.54, 1.807) is 0 Å². The minimum absolute atomic E-state index is 0.176. The molecule has 2 aliphatic heterocycles. The Morgan fingerprint density at radius 2 is 2.23 bits per heavy atom. The molecule has 0 aromatic heterocycles. The number of nitrogens with one attached hydrogen (secondary N) is 1. The summed E-state index contributed by atoms with van der Waals surface area (Å²) in [6.45, 7) is 5.35. The quantitative estimate of drug-likeness (QED) is 0.613. The lowest BCUT2D eigenvalue weighted by Crippen LogP contribution is -2.48. The predicted molar refractivity (Wildman–Crippen MR) is 46.5 cm³/mol. The Labute approximate surface area is 77.6 Å². The molecule has 4 nitrogen and oxygen atoms in total. The lowest BCUT2D eigenvalue weighted by molar-refractivity contribution is -0.129. The van der Waals surface area contributed by atoms with Crippen LogP contribution in [0.15, 0.2) is 0 Å². The smallest absolute Gasteiger partial charge is 0.407 e. The lowest BCUT2D eigenvalue weighted by Gasteiger charge is -2.40. The zero-order valence-corrected chi connectivity index (χ0v) is 8.05. The van der Waals surface area contributed by atoms with Crippen LogP contribution < -0.4 is 5.32 Å². The molecule has 0 aromatic rings. The molecule has 1 N–H and O–H groups in total. The Balaban J connectivity index is 2.11. The van der Waals surface area contributed by atoms with Crippen LogP contribution in [0.5, 0.6) is 0 Å². The van der Waals surface area contributed by atoms with E-state index in [2.05, 4.69) is 5.32 Å². The summed E-state index contributed by atoms with van der Waals surface area (Å²) in [5, 5.41) is 2.70. The molecule has 74 valence electrons. The normalized spacial score (nSPS) is 37.2. The lowest BCUT2D eigenvalue weighted by atomic mass is 9.84. The molecule has 13 heavy (non-hydrogen) atoms. The molecule has 1 atom stereocenters. The molecule has 2 saturated heterocycles. The number of rotatable bonds is 0. The summed E-state index contributed by atoms with van der Waals surface area (Å²) in [5.74, 6) is 0. The van der Waals surface area contributed by atoms with E-state index in [-0.39, 0.29) is 17.3 Å². The first-order valence-corrected chi connectivity index (χ1v) is 4.62. The van der Waals surface area contributed by atoms with Crippen molar-refractivity contribution >= 4 is 6.09 Å². The summed E-state index contributed by atoms with van der Waals surface area (Å²) in [6, 6.07) is 0. The average Bonchev–Trinajstić information content (AvgIpc) is 2.29. The maximum atomic E-state index is 11.0. The monoisotopic (exact) mass is 185 g/mol. The molecule has 0 aromatic carbocycles. The Morgan fingerprint density at radius 3 is 2.77 bits per heavy atom. The number of carbonyl (C=O) groups excluding carboxylic acids is 1. The second kappa shape index (κ2) is 2.61. The predicted octanol–water partition coefficient (Wildman–Crippen LogP) is 1.05. The maximum Gasteiger partial charge on any atom is 0.407 e. The molecule has 1 amide bonds. The topological polar surface area (TPSA) is 47.6 Å². The number of hydrogen-bond donors (Lipinski definition) is 1. The van der Waals surface area contributed by atoms with E-state index in [0.29, 0.717) is 13.2 Å². The molecule has 2 fully saturated rings. The number of carbonyl (C=O) groups is 1. The molecule has 2 aliphatic rings. The van der Waals surface area contributed by atoms with E-state index in [4.69, 9.17) is 9.47 Å². The summed E-state index contributed by atoms with van der Waals surface area (Å²) in [5.41, 5.74) is -0.483. The fourth-order valence-electron chi connectivity index (χ4n) is 2.17. The van der Waals surface area contributed by atoms with Gasteiger partial charge in [0.15, 0.2) is 0 Å². The third-order valence-corrected chi connectivity index (χ3v) is 2.66. The molecule has 2 rings (SSSR count). The fraction of sp³-hybridized carbons (Fsp3) is 0.889. The van der Waals surface area contributed by atoms with E-state index >= 15 is 0 Å². The Morgan fingerprint density at radius 1 is 1.46 bits per heavy atom. The molecule has 0 bridgehead atoms. The van der Waals surface area contributed by atoms with Gasteiger partial charge in [-0.2, -0.15) is 0 Å². The van der Waals surface area contributed by atoms with Gasteiger partial charge in [-0.1, -0.05) is 0 Å². The molecule has 2 heterocycles. The summed E-state index contributed by atoms with van der Waals surface area (Å²) in [6.07, 6.45) is 1.28. The van der Waals surface area contributed by atoms with Crippen LogP contribution in [0.3, 0.4) is 0 Å². The van der Waals surface area contributed by atoms with Crippen molar-refractivity contribution in [2.45, 2.75) is 37.9 Å². The number of ether oxygens (including phenoxy) is 2. The molecular weight excluding hydrogens is 170 g/mol. The van der Waals surface area contributed by atoms with Crippen LogP contribution in [0, 0.1) is 0 Å². The van der Waals surface area contributed by atoms with Crippen LogP contribution in [-0.4, -0.2) is 30.4 Å². The van der Waals surface area contributed by atoms with Gasteiger partial charge in [-0.3, -0.25) is 0 Å². The van der Waals surface area contributed by atoms with Crippen molar-refractivity contribution in [2.24, 2.45) is 0 Å². The highest BCUT2D eigenvalue weighted by molar-refractivity contribution is 5.70. The third kappa shape index (κ3) is 1.63. The van der Waals surface area contributed by atoms with Gasteiger partial charge in [0.2, 0.25) is 0 Å². The van der Waals surface area contributed by atoms with Gasteiger partial charge in [0.05, 0.1) is 18.8 Å². The van der Waals surface area contributed by atoms with Crippen molar-refractivity contribution in [1.29, 1.82) is 0 Å². The van der Waals surface area contributed by atoms with Gasteiger partial charge < -0.3 is 14.8 Å². The van der Waals surface area contributed by atoms with E-state index in [1.165, 1.54) is 0 Å². The molecule has 0 radical (unpaired) electrons. The molecular formula is C9H15NO3. The molecule has 0 unspecified atom stereocenters. The van der Waals surface area contributed by atoms with E-state index in [9.17, 15) is 4.79 Å². The van der Waals surface area contributed by atoms with Gasteiger partial charge in [-0.05, 0) is 13.8 Å². The molecule has 0 aliphatic carbocycles. The molecule has 4 heteroatoms. The summed E-state index contributed by atoms with van der Waals surface area (Å²) in [7, 11) is 0. The highest BCUT2D eigenvalue weighted by Gasteiger charge is 2.47. The third-order valence-electron chi connectivity index (χ3n) is 2.66. The fourth-order valence-corrected chi connectivity index (χ4v) is 2.17. The van der Waals surface area contributed by atoms with E-state index in [1.807, 2.05) is 13.8 Å². The first kappa shape index (κ1) is 8.81. The minimum atomic E-state index is -0.307. The Hall–Kier alpha value is -0.770. The van der Waals surface area contributed by atoms with Crippen LogP contribution in [0.25, 0.3) is 0 Å². The number of alkyl carbamates (subject to hydrolysis) is 1. The number of hydrogen-bond acceptors (Lipinski definition) is 3. The highest BCUT2D eigenvalue weighted by Crippen LogP contribution is 2.36. The molecule has 1 spiro atoms. The van der Waals surface area contributed by atoms with Gasteiger partial charge in [-0.15, -0.1) is 0 Å². The Bertz CT molecular complexity index is 239. The minimum Gasteiger partial charge on any atom is -0.441 e. The SMILES string of the molecule is CC1(C)C[C@]2(CCO1)CNC(=O)O2. The second-order valence-electron chi connectivity index (χ2n) is 4.46. The Kier molecular flexibility index (Phi) is 1.77. The van der Waals surface area contributed by atoms with Gasteiger partial charge in [-0.25, -0.2) is 4.79 Å². The van der Waals surface area contributed by atoms with Crippen molar-refractivity contribution < 1.29 is 14.3 Å². The molecule has 0 saturated carbocycles. The van der Waals surface area contributed by atoms with Crippen molar-refractivity contribution in [1.82, 2.24) is 5.32 Å². The van der Waals surface area contributed by atoms with Crippen molar-refractivity contribution in [2.75, 3.05) is 13.2 Å². The van der Waals surface area contributed by atoms with Crippen LogP contribution in [-0.2, 0) is 9.47 Å². The summed E-state index contributed by atoms with van der Waals surface area (Å²) >= 11 is 0. The van der Waals surface area contributed by atoms with Crippen LogP contribution >= 0.6 is 0 Å². The van der Waals surface area contributed by atoms with Crippen molar-refractivity contribution in [3.63, 3.8) is 0 Å². The van der Waals surface area contributed by atoms with Crippen molar-refractivity contribution in [3.8, 4) is 0 Å². The summed E-state index contributed by atoms with van der Waals surface area (Å²) < 4.78 is 10.9. The van der Waals surface area contributed by atoms with E-state index in [0.717, 1.165) is 12.8 Å². The van der Waals surface area contributed by atoms with Crippen LogP contribution in [0.2, 0.25) is 0 Å². The van der Waals surface area contributed by atoms with Crippen molar-refractivity contribution in [3.05, 3.63) is 0 Å². The van der Waals surface area contributed by atoms with Crippen LogP contribution in [0.4, 0.5) is 4.79 Å². The first-order chi connectivity index (χ1) is 6.02. The number of amides is 1. The largest absolute Gasteiger partial charge is 0.441 e. The van der Waals surface area contributed by atoms with Gasteiger partial charge in [0.1, 0.15) is 5.60 Å². The highest BCUT2D eigenvalue weighted by atomic mass is 16.6. The zero-order valence-electron chi connectivity index (χ0n) is 8.05. The van der Waals surface area contributed by atoms with Gasteiger partial charge in [0.25, 0.3) is 0 Å². The first-order valence-electron chi connectivity index (χ1n) is 4.62. The standard InChI is InChI=1S/C9H15NO3/c1-8(2)5-9(3-4-12-8)6-10-7(11)13-9/h3-6H2,1-2H3,(H,10,11)/t9-/m1/s1. The van der Waals surface area contributed by atoms with Gasteiger partial charge in [0, 0.05) is 12.8 Å². The summed E-state index contributed by atoms with van der Waals surface area (Å²) in [4.78, 5) is 11.0. The van der Waals surface area contributed by atoms with Crippen LogP contribution in [0.1, 0.15) is 26.7 Å². The van der Waals surface area contributed by atoms with E-state index < -0.39 is 0 Å². The zero-order chi connectivity index (χ0) is 9.53. The maximum absolute atomic E-state index is 11.0. The average molecular weight is 185 g/mol. The second-order valence-corrected chi connectivity index (χ2v) is 4.46. The van der Waals surface area contributed by atoms with Gasteiger partial charge >= 0.3 is 6.09 Å².